The number of carbonyl (C=O) groups is 1. The molecule has 1 fully saturated rings. The number of anilines is 1. The number of halogens is 4. The van der Waals surface area contributed by atoms with E-state index in [1.165, 1.54) is 7.11 Å². The Bertz CT molecular complexity index is 867. The molecule has 1 aliphatic carbocycles. The number of methoxy groups -OCH3 is 1. The minimum absolute atomic E-state index is 0.0348. The van der Waals surface area contributed by atoms with Crippen LogP contribution in [0.1, 0.15) is 34.3 Å². The van der Waals surface area contributed by atoms with E-state index in [4.69, 9.17) is 4.74 Å². The standard InChI is InChI=1S/C18H15Br2F2NO2/c1-8-4-3-5-10(23-9-6-7-9)11(8)17(24)12-13(19)18(25-2)14(20)16(22)15(12)21/h3-5,9,23H,6-7H2,1-2H3. The first-order valence-corrected chi connectivity index (χ1v) is 9.26. The molecule has 1 aliphatic rings. The molecule has 3 rings (SSSR count). The molecule has 2 aromatic carbocycles. The van der Waals surface area contributed by atoms with E-state index in [0.717, 1.165) is 12.8 Å². The number of ether oxygens (including phenoxy) is 1. The van der Waals surface area contributed by atoms with Crippen molar-refractivity contribution in [3.05, 3.63) is 55.5 Å². The first kappa shape index (κ1) is 18.3. The second-order valence-electron chi connectivity index (χ2n) is 5.91. The maximum atomic E-state index is 14.6. The highest BCUT2D eigenvalue weighted by Crippen LogP contribution is 2.41. The Kier molecular flexibility index (Phi) is 5.16. The van der Waals surface area contributed by atoms with Gasteiger partial charge in [-0.05, 0) is 63.3 Å². The lowest BCUT2D eigenvalue weighted by atomic mass is 9.96. The van der Waals surface area contributed by atoms with E-state index in [1.54, 1.807) is 19.1 Å². The second kappa shape index (κ2) is 7.03. The number of nitrogens with one attached hydrogen (secondary N) is 1. The smallest absolute Gasteiger partial charge is 0.199 e. The molecule has 0 aromatic heterocycles. The fraction of sp³-hybridized carbons (Fsp3) is 0.278. The molecule has 132 valence electrons. The molecule has 0 saturated heterocycles. The first-order valence-electron chi connectivity index (χ1n) is 7.67. The third-order valence-corrected chi connectivity index (χ3v) is 5.56. The van der Waals surface area contributed by atoms with Crippen LogP contribution in [-0.4, -0.2) is 18.9 Å². The molecule has 2 aromatic rings. The number of carbonyl (C=O) groups excluding carboxylic acids is 1. The van der Waals surface area contributed by atoms with Gasteiger partial charge in [-0.15, -0.1) is 0 Å². The lowest BCUT2D eigenvalue weighted by Gasteiger charge is -2.17. The molecule has 0 heterocycles. The maximum Gasteiger partial charge on any atom is 0.199 e. The Balaban J connectivity index is 2.18. The van der Waals surface area contributed by atoms with Crippen molar-refractivity contribution in [2.24, 2.45) is 0 Å². The van der Waals surface area contributed by atoms with Crippen molar-refractivity contribution in [1.29, 1.82) is 0 Å². The van der Waals surface area contributed by atoms with E-state index in [2.05, 4.69) is 37.2 Å². The van der Waals surface area contributed by atoms with Crippen molar-refractivity contribution < 1.29 is 18.3 Å². The molecule has 0 unspecified atom stereocenters. The molecule has 0 aliphatic heterocycles. The van der Waals surface area contributed by atoms with Crippen LogP contribution in [0.15, 0.2) is 27.1 Å². The van der Waals surface area contributed by atoms with Crippen LogP contribution in [0, 0.1) is 18.6 Å². The summed E-state index contributed by atoms with van der Waals surface area (Å²) in [4.78, 5) is 13.1. The van der Waals surface area contributed by atoms with Crippen LogP contribution in [-0.2, 0) is 0 Å². The van der Waals surface area contributed by atoms with E-state index >= 15 is 0 Å². The summed E-state index contributed by atoms with van der Waals surface area (Å²) in [6, 6.07) is 5.68. The van der Waals surface area contributed by atoms with Crippen LogP contribution in [0.4, 0.5) is 14.5 Å². The monoisotopic (exact) mass is 473 g/mol. The summed E-state index contributed by atoms with van der Waals surface area (Å²) in [6.07, 6.45) is 2.06. The molecule has 1 N–H and O–H groups in total. The minimum Gasteiger partial charge on any atom is -0.494 e. The summed E-state index contributed by atoms with van der Waals surface area (Å²) in [5.41, 5.74) is 1.26. The number of ketones is 1. The summed E-state index contributed by atoms with van der Waals surface area (Å²) in [6.45, 7) is 1.77. The molecule has 1 saturated carbocycles. The lowest BCUT2D eigenvalue weighted by molar-refractivity contribution is 0.103. The second-order valence-corrected chi connectivity index (χ2v) is 7.50. The predicted molar refractivity (Wildman–Crippen MR) is 99.6 cm³/mol. The van der Waals surface area contributed by atoms with Crippen LogP contribution in [0.5, 0.6) is 5.75 Å². The van der Waals surface area contributed by atoms with Gasteiger partial charge in [0.15, 0.2) is 23.2 Å². The van der Waals surface area contributed by atoms with E-state index in [9.17, 15) is 13.6 Å². The maximum absolute atomic E-state index is 14.6. The molecule has 0 spiro atoms. The van der Waals surface area contributed by atoms with E-state index in [-0.39, 0.29) is 20.3 Å². The van der Waals surface area contributed by atoms with Crippen molar-refractivity contribution in [2.45, 2.75) is 25.8 Å². The summed E-state index contributed by atoms with van der Waals surface area (Å²) in [5.74, 6) is -2.94. The van der Waals surface area contributed by atoms with E-state index in [0.29, 0.717) is 22.9 Å². The fourth-order valence-electron chi connectivity index (χ4n) is 2.65. The minimum atomic E-state index is -1.22. The van der Waals surface area contributed by atoms with Crippen molar-refractivity contribution in [1.82, 2.24) is 0 Å². The summed E-state index contributed by atoms with van der Waals surface area (Å²) >= 11 is 6.14. The average molecular weight is 475 g/mol. The third kappa shape index (κ3) is 3.31. The highest BCUT2D eigenvalue weighted by Gasteiger charge is 2.30. The van der Waals surface area contributed by atoms with Crippen molar-refractivity contribution >= 4 is 43.3 Å². The molecule has 0 bridgehead atoms. The summed E-state index contributed by atoms with van der Waals surface area (Å²) in [7, 11) is 1.32. The van der Waals surface area contributed by atoms with Crippen LogP contribution < -0.4 is 10.1 Å². The molecular weight excluding hydrogens is 460 g/mol. The Morgan fingerprint density at radius 2 is 1.84 bits per heavy atom. The molecule has 25 heavy (non-hydrogen) atoms. The number of hydrogen-bond donors (Lipinski definition) is 1. The van der Waals surface area contributed by atoms with Crippen molar-refractivity contribution in [3.8, 4) is 5.75 Å². The summed E-state index contributed by atoms with van der Waals surface area (Å²) < 4.78 is 33.8. The van der Waals surface area contributed by atoms with E-state index in [1.807, 2.05) is 6.07 Å². The quantitative estimate of drug-likeness (QED) is 0.347. The van der Waals surface area contributed by atoms with Gasteiger partial charge in [0, 0.05) is 17.3 Å². The van der Waals surface area contributed by atoms with Gasteiger partial charge in [0.1, 0.15) is 0 Å². The molecule has 7 heteroatoms. The number of rotatable bonds is 5. The summed E-state index contributed by atoms with van der Waals surface area (Å²) in [5, 5.41) is 3.28. The van der Waals surface area contributed by atoms with Crippen LogP contribution in [0.3, 0.4) is 0 Å². The van der Waals surface area contributed by atoms with Gasteiger partial charge in [-0.3, -0.25) is 4.79 Å². The Morgan fingerprint density at radius 3 is 2.44 bits per heavy atom. The fourth-order valence-corrected chi connectivity index (χ4v) is 4.17. The lowest BCUT2D eigenvalue weighted by Crippen LogP contribution is -2.14. The van der Waals surface area contributed by atoms with Crippen molar-refractivity contribution in [2.75, 3.05) is 12.4 Å². The van der Waals surface area contributed by atoms with Crippen LogP contribution in [0.25, 0.3) is 0 Å². The molecule has 0 amide bonds. The molecule has 0 atom stereocenters. The van der Waals surface area contributed by atoms with E-state index < -0.39 is 17.4 Å². The zero-order valence-electron chi connectivity index (χ0n) is 13.6. The van der Waals surface area contributed by atoms with Gasteiger partial charge in [0.25, 0.3) is 0 Å². The number of aryl methyl sites for hydroxylation is 1. The molecule has 3 nitrogen and oxygen atoms in total. The Hall–Kier alpha value is -1.47. The van der Waals surface area contributed by atoms with Gasteiger partial charge in [-0.1, -0.05) is 12.1 Å². The van der Waals surface area contributed by atoms with Gasteiger partial charge < -0.3 is 10.1 Å². The van der Waals surface area contributed by atoms with Gasteiger partial charge in [-0.2, -0.15) is 0 Å². The van der Waals surface area contributed by atoms with Crippen molar-refractivity contribution in [3.63, 3.8) is 0 Å². The average Bonchev–Trinajstić information content (AvgIpc) is 3.37. The van der Waals surface area contributed by atoms with Gasteiger partial charge in [0.05, 0.1) is 21.6 Å². The molecular formula is C18H15Br2F2NO2. The van der Waals surface area contributed by atoms with Crippen LogP contribution in [0.2, 0.25) is 0 Å². The first-order chi connectivity index (χ1) is 11.9. The van der Waals surface area contributed by atoms with Gasteiger partial charge >= 0.3 is 0 Å². The molecule has 0 radical (unpaired) electrons. The van der Waals surface area contributed by atoms with Gasteiger partial charge in [0.2, 0.25) is 0 Å². The normalized spacial score (nSPS) is 13.7. The predicted octanol–water partition coefficient (Wildman–Crippen LogP) is 5.61. The number of benzene rings is 2. The highest BCUT2D eigenvalue weighted by molar-refractivity contribution is 9.11. The topological polar surface area (TPSA) is 38.3 Å². The largest absolute Gasteiger partial charge is 0.494 e. The Morgan fingerprint density at radius 1 is 1.16 bits per heavy atom. The highest BCUT2D eigenvalue weighted by atomic mass is 79.9. The SMILES string of the molecule is COc1c(Br)c(F)c(F)c(C(=O)c2c(C)cccc2NC2CC2)c1Br. The number of hydrogen-bond acceptors (Lipinski definition) is 3. The zero-order valence-corrected chi connectivity index (χ0v) is 16.7. The van der Waals surface area contributed by atoms with Crippen LogP contribution >= 0.6 is 31.9 Å². The Labute approximate surface area is 161 Å². The third-order valence-electron chi connectivity index (χ3n) is 4.09. The van der Waals surface area contributed by atoms with Gasteiger partial charge in [-0.25, -0.2) is 8.78 Å². The zero-order chi connectivity index (χ0) is 18.3.